The topological polar surface area (TPSA) is 72.2 Å². The van der Waals surface area contributed by atoms with E-state index >= 15 is 0 Å². The zero-order valence-corrected chi connectivity index (χ0v) is 15.4. The van der Waals surface area contributed by atoms with E-state index in [-0.39, 0.29) is 5.56 Å². The highest BCUT2D eigenvalue weighted by molar-refractivity contribution is 7.99. The Balaban J connectivity index is 1.61. The Morgan fingerprint density at radius 1 is 1.26 bits per heavy atom. The van der Waals surface area contributed by atoms with Crippen LogP contribution in [0.4, 0.5) is 0 Å². The number of carboxylic acids is 1. The minimum absolute atomic E-state index is 0.212. The van der Waals surface area contributed by atoms with E-state index in [1.807, 2.05) is 30.5 Å². The van der Waals surface area contributed by atoms with Gasteiger partial charge in [-0.25, -0.2) is 4.79 Å². The van der Waals surface area contributed by atoms with Gasteiger partial charge in [0.15, 0.2) is 0 Å². The first kappa shape index (κ1) is 16.6. The first-order valence-electron chi connectivity index (χ1n) is 9.09. The van der Waals surface area contributed by atoms with Crippen LogP contribution in [-0.2, 0) is 11.2 Å². The first-order valence-corrected chi connectivity index (χ1v) is 10.1. The van der Waals surface area contributed by atoms with Gasteiger partial charge in [-0.1, -0.05) is 18.2 Å². The van der Waals surface area contributed by atoms with Crippen LogP contribution in [0.1, 0.15) is 41.5 Å². The monoisotopic (exact) mass is 378 g/mol. The van der Waals surface area contributed by atoms with Crippen molar-refractivity contribution in [2.45, 2.75) is 36.2 Å². The van der Waals surface area contributed by atoms with Crippen LogP contribution in [0.2, 0.25) is 0 Å². The van der Waals surface area contributed by atoms with Gasteiger partial charge in [0.05, 0.1) is 10.5 Å². The fraction of sp³-hybridized carbons (Fsp3) is 0.286. The Hall–Kier alpha value is -2.60. The number of aliphatic carboxylic acids is 1. The van der Waals surface area contributed by atoms with Crippen LogP contribution in [0.3, 0.4) is 0 Å². The van der Waals surface area contributed by atoms with Crippen molar-refractivity contribution in [3.63, 3.8) is 0 Å². The maximum Gasteiger partial charge on any atom is 0.327 e. The largest absolute Gasteiger partial charge is 0.480 e. The lowest BCUT2D eigenvalue weighted by molar-refractivity contribution is -0.140. The van der Waals surface area contributed by atoms with Crippen molar-refractivity contribution in [3.8, 4) is 0 Å². The SMILES string of the molecule is O=C(O)[C@@H]1CSc2c(C3CC3)c(Cc3cnc4ccccc4c3)cc(=O)n21. The lowest BCUT2D eigenvalue weighted by Gasteiger charge is -2.16. The molecule has 0 amide bonds. The molecule has 1 aliphatic carbocycles. The van der Waals surface area contributed by atoms with Crippen molar-refractivity contribution in [1.82, 2.24) is 9.55 Å². The molecule has 0 bridgehead atoms. The van der Waals surface area contributed by atoms with E-state index in [9.17, 15) is 14.7 Å². The van der Waals surface area contributed by atoms with Crippen LogP contribution in [0.5, 0.6) is 0 Å². The van der Waals surface area contributed by atoms with Crippen LogP contribution < -0.4 is 5.56 Å². The molecule has 5 rings (SSSR count). The maximum atomic E-state index is 12.7. The molecule has 6 heteroatoms. The summed E-state index contributed by atoms with van der Waals surface area (Å²) in [6.45, 7) is 0. The molecule has 0 unspecified atom stereocenters. The summed E-state index contributed by atoms with van der Waals surface area (Å²) in [6, 6.07) is 11.0. The molecule has 1 N–H and O–H groups in total. The Morgan fingerprint density at radius 3 is 2.85 bits per heavy atom. The number of thioether (sulfide) groups is 1. The number of hydrogen-bond acceptors (Lipinski definition) is 4. The van der Waals surface area contributed by atoms with E-state index < -0.39 is 12.0 Å². The summed E-state index contributed by atoms with van der Waals surface area (Å²) < 4.78 is 1.49. The van der Waals surface area contributed by atoms with Gasteiger partial charge in [0, 0.05) is 23.4 Å². The normalized spacial score (nSPS) is 18.6. The number of para-hydroxylation sites is 1. The van der Waals surface area contributed by atoms with Crippen molar-refractivity contribution in [3.05, 3.63) is 69.6 Å². The average Bonchev–Trinajstić information content (AvgIpc) is 3.38. The lowest BCUT2D eigenvalue weighted by atomic mass is 9.98. The van der Waals surface area contributed by atoms with E-state index in [1.54, 1.807) is 6.07 Å². The third kappa shape index (κ3) is 2.84. The Bertz CT molecular complexity index is 1130. The number of carboxylic acid groups (broad SMARTS) is 1. The van der Waals surface area contributed by atoms with Gasteiger partial charge in [0.1, 0.15) is 6.04 Å². The van der Waals surface area contributed by atoms with Crippen LogP contribution in [0, 0.1) is 0 Å². The molecule has 3 heterocycles. The predicted molar refractivity (Wildman–Crippen MR) is 105 cm³/mol. The second kappa shape index (κ2) is 6.23. The van der Waals surface area contributed by atoms with E-state index in [2.05, 4.69) is 11.1 Å². The highest BCUT2D eigenvalue weighted by Gasteiger charge is 2.37. The Labute approximate surface area is 160 Å². The van der Waals surface area contributed by atoms with Gasteiger partial charge in [0.25, 0.3) is 5.56 Å². The summed E-state index contributed by atoms with van der Waals surface area (Å²) in [7, 11) is 0. The molecule has 0 spiro atoms. The van der Waals surface area contributed by atoms with E-state index in [0.717, 1.165) is 39.9 Å². The molecule has 1 fully saturated rings. The van der Waals surface area contributed by atoms with E-state index in [0.29, 0.717) is 18.1 Å². The molecule has 136 valence electrons. The maximum absolute atomic E-state index is 12.7. The summed E-state index contributed by atoms with van der Waals surface area (Å²) in [4.78, 5) is 28.8. The zero-order chi connectivity index (χ0) is 18.5. The van der Waals surface area contributed by atoms with Gasteiger partial charge < -0.3 is 5.11 Å². The van der Waals surface area contributed by atoms with Gasteiger partial charge in [-0.15, -0.1) is 11.8 Å². The molecule has 1 saturated carbocycles. The number of benzene rings is 1. The highest BCUT2D eigenvalue weighted by Crippen LogP contribution is 2.48. The molecule has 2 aliphatic rings. The molecule has 3 aromatic rings. The van der Waals surface area contributed by atoms with Crippen LogP contribution in [0.25, 0.3) is 10.9 Å². The van der Waals surface area contributed by atoms with Crippen LogP contribution in [-0.4, -0.2) is 26.4 Å². The number of carbonyl (C=O) groups is 1. The number of fused-ring (bicyclic) bond motifs is 2. The number of nitrogens with zero attached hydrogens (tertiary/aromatic N) is 2. The number of aromatic nitrogens is 2. The van der Waals surface area contributed by atoms with Crippen molar-refractivity contribution in [1.29, 1.82) is 0 Å². The second-order valence-corrected chi connectivity index (χ2v) is 8.26. The van der Waals surface area contributed by atoms with Gasteiger partial charge in [-0.05, 0) is 54.0 Å². The molecule has 0 radical (unpaired) electrons. The van der Waals surface area contributed by atoms with Gasteiger partial charge in [-0.2, -0.15) is 0 Å². The minimum Gasteiger partial charge on any atom is -0.480 e. The van der Waals surface area contributed by atoms with Gasteiger partial charge in [0.2, 0.25) is 0 Å². The molecule has 1 aliphatic heterocycles. The molecule has 5 nitrogen and oxygen atoms in total. The Kier molecular flexibility index (Phi) is 3.82. The molecular formula is C21H18N2O3S. The molecule has 2 aromatic heterocycles. The molecular weight excluding hydrogens is 360 g/mol. The second-order valence-electron chi connectivity index (χ2n) is 7.25. The van der Waals surface area contributed by atoms with Crippen LogP contribution in [0.15, 0.2) is 52.4 Å². The summed E-state index contributed by atoms with van der Waals surface area (Å²) >= 11 is 1.51. The van der Waals surface area contributed by atoms with E-state index in [1.165, 1.54) is 21.9 Å². The summed E-state index contributed by atoms with van der Waals surface area (Å²) in [5, 5.41) is 11.4. The zero-order valence-electron chi connectivity index (χ0n) is 14.6. The lowest BCUT2D eigenvalue weighted by Crippen LogP contribution is -2.29. The standard InChI is InChI=1S/C21H18N2O3S/c24-18-9-15(8-12-7-14-3-1-2-4-16(14)22-10-12)19(13-5-6-13)20-23(18)17(11-27-20)21(25)26/h1-4,7,9-10,13,17H,5-6,8,11H2,(H,25,26)/t17-/m0/s1. The molecule has 27 heavy (non-hydrogen) atoms. The first-order chi connectivity index (χ1) is 13.1. The van der Waals surface area contributed by atoms with Crippen molar-refractivity contribution < 1.29 is 9.90 Å². The fourth-order valence-corrected chi connectivity index (χ4v) is 5.33. The summed E-state index contributed by atoms with van der Waals surface area (Å²) in [6.07, 6.45) is 4.72. The number of hydrogen-bond donors (Lipinski definition) is 1. The van der Waals surface area contributed by atoms with Crippen molar-refractivity contribution in [2.24, 2.45) is 0 Å². The predicted octanol–water partition coefficient (Wildman–Crippen LogP) is 3.60. The molecule has 1 atom stereocenters. The number of rotatable bonds is 4. The smallest absolute Gasteiger partial charge is 0.327 e. The summed E-state index contributed by atoms with van der Waals surface area (Å²) in [5.41, 5.74) is 4.01. The van der Waals surface area contributed by atoms with Crippen molar-refractivity contribution >= 4 is 28.6 Å². The third-order valence-corrected chi connectivity index (χ3v) is 6.50. The minimum atomic E-state index is -0.934. The fourth-order valence-electron chi connectivity index (χ4n) is 3.91. The molecule has 1 aromatic carbocycles. The quantitative estimate of drug-likeness (QED) is 0.751. The molecule has 0 saturated heterocycles. The third-order valence-electron chi connectivity index (χ3n) is 5.33. The van der Waals surface area contributed by atoms with Gasteiger partial charge in [-0.3, -0.25) is 14.3 Å². The van der Waals surface area contributed by atoms with Gasteiger partial charge >= 0.3 is 5.97 Å². The number of pyridine rings is 2. The highest BCUT2D eigenvalue weighted by atomic mass is 32.2. The van der Waals surface area contributed by atoms with Crippen molar-refractivity contribution in [2.75, 3.05) is 5.75 Å². The average molecular weight is 378 g/mol. The summed E-state index contributed by atoms with van der Waals surface area (Å²) in [5.74, 6) is -0.0717. The van der Waals surface area contributed by atoms with Crippen LogP contribution >= 0.6 is 11.8 Å². The van der Waals surface area contributed by atoms with E-state index in [4.69, 9.17) is 0 Å². The Morgan fingerprint density at radius 2 is 2.07 bits per heavy atom.